The summed E-state index contributed by atoms with van der Waals surface area (Å²) in [6, 6.07) is 7.02. The number of rotatable bonds is 7. The Morgan fingerprint density at radius 3 is 2.77 bits per heavy atom. The number of morpholine rings is 1. The van der Waals surface area contributed by atoms with Crippen LogP contribution in [0.2, 0.25) is 0 Å². The van der Waals surface area contributed by atoms with Crippen molar-refractivity contribution in [3.05, 3.63) is 30.1 Å². The number of para-hydroxylation sites is 1. The highest BCUT2D eigenvalue weighted by Gasteiger charge is 2.23. The monoisotopic (exact) mass is 434 g/mol. The van der Waals surface area contributed by atoms with E-state index in [0.29, 0.717) is 18.2 Å². The van der Waals surface area contributed by atoms with Gasteiger partial charge in [-0.1, -0.05) is 12.1 Å². The normalized spacial score (nSPS) is 20.4. The molecule has 2 saturated heterocycles. The summed E-state index contributed by atoms with van der Waals surface area (Å²) in [6.45, 7) is 6.62. The number of amides is 1. The number of nitrogens with zero attached hydrogens (tertiary/aromatic N) is 4. The number of likely N-dealkylation sites (N-methyl/N-ethyl adjacent to an activating group) is 1. The maximum absolute atomic E-state index is 14.2. The molecule has 172 valence electrons. The molecule has 0 aliphatic carbocycles. The third kappa shape index (κ3) is 7.36. The van der Waals surface area contributed by atoms with Crippen LogP contribution in [0.3, 0.4) is 0 Å². The first-order valence-corrected chi connectivity index (χ1v) is 11.1. The lowest BCUT2D eigenvalue weighted by Gasteiger charge is -2.35. The van der Waals surface area contributed by atoms with E-state index in [9.17, 15) is 9.18 Å². The summed E-state index contributed by atoms with van der Waals surface area (Å²) in [5.41, 5.74) is 0.635. The number of aliphatic imine (C=N–C) groups is 1. The fourth-order valence-corrected chi connectivity index (χ4v) is 3.81. The Morgan fingerprint density at radius 1 is 1.26 bits per heavy atom. The first kappa shape index (κ1) is 23.3. The van der Waals surface area contributed by atoms with Gasteiger partial charge < -0.3 is 25.2 Å². The molecule has 1 aromatic rings. The van der Waals surface area contributed by atoms with Gasteiger partial charge in [0.05, 0.1) is 18.9 Å². The summed E-state index contributed by atoms with van der Waals surface area (Å²) < 4.78 is 19.6. The second-order valence-electron chi connectivity index (χ2n) is 8.21. The van der Waals surface area contributed by atoms with Gasteiger partial charge in [0.25, 0.3) is 0 Å². The molecule has 1 aromatic carbocycles. The van der Waals surface area contributed by atoms with Crippen molar-refractivity contribution in [3.63, 3.8) is 0 Å². The number of hydrogen-bond acceptors (Lipinski definition) is 5. The zero-order valence-corrected chi connectivity index (χ0v) is 18.6. The number of guanidine groups is 1. The van der Waals surface area contributed by atoms with Gasteiger partial charge in [-0.3, -0.25) is 9.69 Å². The standard InChI is InChI=1S/C22H35FN6O2/c1-27(2)21(30)16-25-22(24-9-11-28-12-14-31-15-13-28)26-18-6-5-10-29(17-18)20-8-4-3-7-19(20)23/h3-4,7-8,18H,5-6,9-17H2,1-2H3,(H2,24,25,26). The molecule has 9 heteroatoms. The number of nitrogens with one attached hydrogen (secondary N) is 2. The molecular weight excluding hydrogens is 399 g/mol. The van der Waals surface area contributed by atoms with Gasteiger partial charge in [-0.15, -0.1) is 0 Å². The Hall–Kier alpha value is -2.39. The molecule has 0 bridgehead atoms. The average Bonchev–Trinajstić information content (AvgIpc) is 2.78. The molecule has 1 atom stereocenters. The summed E-state index contributed by atoms with van der Waals surface area (Å²) >= 11 is 0. The number of carbonyl (C=O) groups is 1. The molecule has 2 heterocycles. The molecule has 0 aromatic heterocycles. The number of ether oxygens (including phenoxy) is 1. The smallest absolute Gasteiger partial charge is 0.243 e. The molecule has 2 aliphatic rings. The average molecular weight is 435 g/mol. The second-order valence-corrected chi connectivity index (χ2v) is 8.21. The van der Waals surface area contributed by atoms with Crippen LogP contribution in [0.15, 0.2) is 29.3 Å². The fraction of sp³-hybridized carbons (Fsp3) is 0.636. The van der Waals surface area contributed by atoms with Gasteiger partial charge in [0, 0.05) is 59.4 Å². The predicted octanol–water partition coefficient (Wildman–Crippen LogP) is 0.750. The lowest BCUT2D eigenvalue weighted by Crippen LogP contribution is -2.52. The molecule has 2 aliphatic heterocycles. The molecule has 2 fully saturated rings. The lowest BCUT2D eigenvalue weighted by molar-refractivity contribution is -0.127. The molecule has 31 heavy (non-hydrogen) atoms. The van der Waals surface area contributed by atoms with Gasteiger partial charge in [-0.25, -0.2) is 9.38 Å². The largest absolute Gasteiger partial charge is 0.379 e. The highest BCUT2D eigenvalue weighted by Crippen LogP contribution is 2.22. The number of benzene rings is 1. The summed E-state index contributed by atoms with van der Waals surface area (Å²) in [5.74, 6) is 0.381. The number of halogens is 1. The molecule has 3 rings (SSSR count). The molecular formula is C22H35FN6O2. The van der Waals surface area contributed by atoms with Crippen LogP contribution in [0.4, 0.5) is 10.1 Å². The number of anilines is 1. The highest BCUT2D eigenvalue weighted by molar-refractivity contribution is 5.85. The number of hydrogen-bond donors (Lipinski definition) is 2. The molecule has 0 saturated carbocycles. The molecule has 1 unspecified atom stereocenters. The van der Waals surface area contributed by atoms with Crippen molar-refractivity contribution in [1.29, 1.82) is 0 Å². The number of piperidine rings is 1. The summed E-state index contributed by atoms with van der Waals surface area (Å²) in [4.78, 5) is 22.5. The van der Waals surface area contributed by atoms with E-state index in [2.05, 4.69) is 25.4 Å². The van der Waals surface area contributed by atoms with Crippen LogP contribution in [0, 0.1) is 5.82 Å². The molecule has 8 nitrogen and oxygen atoms in total. The van der Waals surface area contributed by atoms with E-state index < -0.39 is 0 Å². The van der Waals surface area contributed by atoms with Crippen molar-refractivity contribution in [2.45, 2.75) is 18.9 Å². The van der Waals surface area contributed by atoms with E-state index in [-0.39, 0.29) is 24.3 Å². The van der Waals surface area contributed by atoms with E-state index in [1.807, 2.05) is 12.1 Å². The van der Waals surface area contributed by atoms with Crippen LogP contribution in [-0.2, 0) is 9.53 Å². The Balaban J connectivity index is 1.58. The van der Waals surface area contributed by atoms with Crippen molar-refractivity contribution in [1.82, 2.24) is 20.4 Å². The summed E-state index contributed by atoms with van der Waals surface area (Å²) in [6.07, 6.45) is 1.93. The van der Waals surface area contributed by atoms with E-state index in [0.717, 1.165) is 58.8 Å². The Kier molecular flexibility index (Phi) is 8.90. The van der Waals surface area contributed by atoms with Gasteiger partial charge in [0.15, 0.2) is 5.96 Å². The van der Waals surface area contributed by atoms with E-state index in [1.165, 1.54) is 11.0 Å². The minimum atomic E-state index is -0.197. The van der Waals surface area contributed by atoms with Crippen molar-refractivity contribution in [2.24, 2.45) is 4.99 Å². The molecule has 2 N–H and O–H groups in total. The quantitative estimate of drug-likeness (QED) is 0.488. The summed E-state index contributed by atoms with van der Waals surface area (Å²) in [5, 5.41) is 6.84. The second kappa shape index (κ2) is 11.9. The zero-order chi connectivity index (χ0) is 22.1. The van der Waals surface area contributed by atoms with Crippen LogP contribution in [-0.4, -0.2) is 101 Å². The van der Waals surface area contributed by atoms with Crippen molar-refractivity contribution in [3.8, 4) is 0 Å². The zero-order valence-electron chi connectivity index (χ0n) is 18.6. The van der Waals surface area contributed by atoms with Gasteiger partial charge in [-0.05, 0) is 25.0 Å². The van der Waals surface area contributed by atoms with Crippen LogP contribution in [0.1, 0.15) is 12.8 Å². The minimum Gasteiger partial charge on any atom is -0.379 e. The Bertz CT molecular complexity index is 738. The minimum absolute atomic E-state index is 0.0501. The Morgan fingerprint density at radius 2 is 2.03 bits per heavy atom. The van der Waals surface area contributed by atoms with Crippen molar-refractivity contribution >= 4 is 17.6 Å². The molecule has 0 spiro atoms. The van der Waals surface area contributed by atoms with Gasteiger partial charge >= 0.3 is 0 Å². The SMILES string of the molecule is CN(C)C(=O)CN=C(NCCN1CCOCC1)NC1CCCN(c2ccccc2F)C1. The van der Waals surface area contributed by atoms with Crippen LogP contribution < -0.4 is 15.5 Å². The van der Waals surface area contributed by atoms with Gasteiger partial charge in [-0.2, -0.15) is 0 Å². The van der Waals surface area contributed by atoms with E-state index >= 15 is 0 Å². The topological polar surface area (TPSA) is 72.4 Å². The first-order valence-electron chi connectivity index (χ1n) is 11.1. The van der Waals surface area contributed by atoms with Crippen molar-refractivity contribution < 1.29 is 13.9 Å². The molecule has 0 radical (unpaired) electrons. The summed E-state index contributed by atoms with van der Waals surface area (Å²) in [7, 11) is 3.45. The number of carbonyl (C=O) groups excluding carboxylic acids is 1. The third-order valence-electron chi connectivity index (χ3n) is 5.65. The van der Waals surface area contributed by atoms with Gasteiger partial charge in [0.1, 0.15) is 12.4 Å². The highest BCUT2D eigenvalue weighted by atomic mass is 19.1. The van der Waals surface area contributed by atoms with Gasteiger partial charge in [0.2, 0.25) is 5.91 Å². The maximum atomic E-state index is 14.2. The fourth-order valence-electron chi connectivity index (χ4n) is 3.81. The lowest BCUT2D eigenvalue weighted by atomic mass is 10.0. The van der Waals surface area contributed by atoms with Crippen molar-refractivity contribution in [2.75, 3.05) is 78.0 Å². The Labute approximate surface area is 184 Å². The van der Waals surface area contributed by atoms with Crippen LogP contribution >= 0.6 is 0 Å². The molecule has 1 amide bonds. The maximum Gasteiger partial charge on any atom is 0.243 e. The van der Waals surface area contributed by atoms with Crippen LogP contribution in [0.5, 0.6) is 0 Å². The van der Waals surface area contributed by atoms with E-state index in [1.54, 1.807) is 20.2 Å². The third-order valence-corrected chi connectivity index (χ3v) is 5.65. The van der Waals surface area contributed by atoms with E-state index in [4.69, 9.17) is 4.74 Å². The first-order chi connectivity index (χ1) is 15.0. The predicted molar refractivity (Wildman–Crippen MR) is 121 cm³/mol. The van der Waals surface area contributed by atoms with Crippen LogP contribution in [0.25, 0.3) is 0 Å².